The van der Waals surface area contributed by atoms with E-state index in [0.29, 0.717) is 25.7 Å². The van der Waals surface area contributed by atoms with Gasteiger partial charge in [0.25, 0.3) is 0 Å². The van der Waals surface area contributed by atoms with Crippen molar-refractivity contribution in [1.29, 1.82) is 0 Å². The molecule has 1 atom stereocenters. The van der Waals surface area contributed by atoms with Crippen molar-refractivity contribution < 1.29 is 10.2 Å². The maximum Gasteiger partial charge on any atom is 0.0921 e. The van der Waals surface area contributed by atoms with Crippen LogP contribution in [0, 0.1) is 0 Å². The highest BCUT2D eigenvalue weighted by Gasteiger charge is 2.36. The van der Waals surface area contributed by atoms with E-state index in [1.807, 2.05) is 51.1 Å². The van der Waals surface area contributed by atoms with Gasteiger partial charge < -0.3 is 10.2 Å². The van der Waals surface area contributed by atoms with Crippen LogP contribution in [0.1, 0.15) is 52.0 Å². The smallest absolute Gasteiger partial charge is 0.0921 e. The molecule has 1 aromatic rings. The van der Waals surface area contributed by atoms with Gasteiger partial charge in [-0.1, -0.05) is 51.1 Å². The normalized spacial score (nSPS) is 15.6. The summed E-state index contributed by atoms with van der Waals surface area (Å²) in [4.78, 5) is 0. The van der Waals surface area contributed by atoms with Crippen LogP contribution in [0.3, 0.4) is 0 Å². The van der Waals surface area contributed by atoms with Crippen LogP contribution in [0.25, 0.3) is 0 Å². The van der Waals surface area contributed by atoms with Gasteiger partial charge in [-0.2, -0.15) is 0 Å². The molecule has 0 aliphatic carbocycles. The van der Waals surface area contributed by atoms with Crippen LogP contribution in [0.2, 0.25) is 0 Å². The van der Waals surface area contributed by atoms with Crippen LogP contribution in [0.4, 0.5) is 0 Å². The summed E-state index contributed by atoms with van der Waals surface area (Å²) < 4.78 is 0. The van der Waals surface area contributed by atoms with Crippen molar-refractivity contribution >= 4 is 0 Å². The van der Waals surface area contributed by atoms with E-state index >= 15 is 0 Å². The molecule has 2 heteroatoms. The summed E-state index contributed by atoms with van der Waals surface area (Å²) >= 11 is 0. The lowest BCUT2D eigenvalue weighted by Gasteiger charge is -2.36. The lowest BCUT2D eigenvalue weighted by atomic mass is 9.78. The quantitative estimate of drug-likeness (QED) is 0.796. The molecule has 0 aliphatic rings. The highest BCUT2D eigenvalue weighted by Crippen LogP contribution is 2.36. The fraction of sp³-hybridized carbons (Fsp3) is 0.600. The first-order chi connectivity index (χ1) is 7.99. The third kappa shape index (κ3) is 3.30. The minimum Gasteiger partial charge on any atom is -0.390 e. The summed E-state index contributed by atoms with van der Waals surface area (Å²) in [6, 6.07) is 9.63. The van der Waals surface area contributed by atoms with Gasteiger partial charge in [0.2, 0.25) is 0 Å². The lowest BCUT2D eigenvalue weighted by Crippen LogP contribution is -2.38. The van der Waals surface area contributed by atoms with Crippen molar-refractivity contribution in [1.82, 2.24) is 0 Å². The van der Waals surface area contributed by atoms with Gasteiger partial charge in [0.15, 0.2) is 0 Å². The number of benzene rings is 1. The van der Waals surface area contributed by atoms with Crippen LogP contribution in [-0.2, 0) is 5.60 Å². The molecular weight excluding hydrogens is 212 g/mol. The molecule has 0 aromatic heterocycles. The number of hydrogen-bond donors (Lipinski definition) is 2. The Morgan fingerprint density at radius 1 is 0.882 bits per heavy atom. The third-order valence-corrected chi connectivity index (χ3v) is 3.83. The molecule has 0 amide bonds. The fourth-order valence-electron chi connectivity index (χ4n) is 2.22. The molecule has 1 aromatic carbocycles. The predicted molar refractivity (Wildman–Crippen MR) is 70.8 cm³/mol. The first-order valence-corrected chi connectivity index (χ1v) is 6.50. The van der Waals surface area contributed by atoms with Crippen LogP contribution in [-0.4, -0.2) is 15.8 Å². The maximum atomic E-state index is 10.7. The van der Waals surface area contributed by atoms with Crippen molar-refractivity contribution in [3.63, 3.8) is 0 Å². The van der Waals surface area contributed by atoms with Gasteiger partial charge in [-0.15, -0.1) is 0 Å². The molecule has 1 unspecified atom stereocenters. The summed E-state index contributed by atoms with van der Waals surface area (Å²) in [6.45, 7) is 5.88. The Bertz CT molecular complexity index is 330. The van der Waals surface area contributed by atoms with Crippen LogP contribution < -0.4 is 0 Å². The molecule has 0 radical (unpaired) electrons. The van der Waals surface area contributed by atoms with E-state index in [9.17, 15) is 10.2 Å². The van der Waals surface area contributed by atoms with E-state index in [1.54, 1.807) is 0 Å². The Morgan fingerprint density at radius 2 is 1.41 bits per heavy atom. The van der Waals surface area contributed by atoms with Crippen molar-refractivity contribution in [2.24, 2.45) is 0 Å². The molecule has 1 rings (SSSR count). The van der Waals surface area contributed by atoms with Gasteiger partial charge >= 0.3 is 0 Å². The average Bonchev–Trinajstić information content (AvgIpc) is 2.39. The second kappa shape index (κ2) is 5.65. The fourth-order valence-corrected chi connectivity index (χ4v) is 2.22. The standard InChI is InChI=1S/C15H24O2/c1-4-14(16,5-2)12-15(17,6-3)13-10-8-7-9-11-13/h7-11,16-17H,4-6,12H2,1-3H3. The highest BCUT2D eigenvalue weighted by molar-refractivity contribution is 5.22. The molecule has 0 aliphatic heterocycles. The van der Waals surface area contributed by atoms with Gasteiger partial charge in [-0.25, -0.2) is 0 Å². The number of aliphatic hydroxyl groups is 2. The van der Waals surface area contributed by atoms with Crippen molar-refractivity contribution in [3.05, 3.63) is 35.9 Å². The van der Waals surface area contributed by atoms with E-state index in [0.717, 1.165) is 5.56 Å². The topological polar surface area (TPSA) is 40.5 Å². The number of hydrogen-bond acceptors (Lipinski definition) is 2. The van der Waals surface area contributed by atoms with Gasteiger partial charge in [0.1, 0.15) is 0 Å². The predicted octanol–water partition coefficient (Wildman–Crippen LogP) is 3.23. The zero-order valence-electron chi connectivity index (χ0n) is 11.1. The molecule has 0 saturated carbocycles. The van der Waals surface area contributed by atoms with Gasteiger partial charge in [0, 0.05) is 6.42 Å². The van der Waals surface area contributed by atoms with Gasteiger partial charge in [-0.05, 0) is 24.8 Å². The Morgan fingerprint density at radius 3 is 1.82 bits per heavy atom. The third-order valence-electron chi connectivity index (χ3n) is 3.83. The highest BCUT2D eigenvalue weighted by atomic mass is 16.3. The van der Waals surface area contributed by atoms with E-state index < -0.39 is 11.2 Å². The first kappa shape index (κ1) is 14.2. The number of rotatable bonds is 6. The second-order valence-corrected chi connectivity index (χ2v) is 4.86. The Hall–Kier alpha value is -0.860. The van der Waals surface area contributed by atoms with Gasteiger partial charge in [0.05, 0.1) is 11.2 Å². The molecule has 0 bridgehead atoms. The maximum absolute atomic E-state index is 10.7. The molecule has 96 valence electrons. The van der Waals surface area contributed by atoms with Gasteiger partial charge in [-0.3, -0.25) is 0 Å². The van der Waals surface area contributed by atoms with Crippen LogP contribution in [0.15, 0.2) is 30.3 Å². The Kier molecular flexibility index (Phi) is 4.72. The molecule has 2 N–H and O–H groups in total. The van der Waals surface area contributed by atoms with Crippen molar-refractivity contribution in [2.75, 3.05) is 0 Å². The molecule has 17 heavy (non-hydrogen) atoms. The van der Waals surface area contributed by atoms with E-state index in [2.05, 4.69) is 0 Å². The largest absolute Gasteiger partial charge is 0.390 e. The summed E-state index contributed by atoms with van der Waals surface area (Å²) in [5, 5.41) is 21.1. The zero-order valence-corrected chi connectivity index (χ0v) is 11.1. The summed E-state index contributed by atoms with van der Waals surface area (Å²) in [5.74, 6) is 0. The molecule has 0 heterocycles. The van der Waals surface area contributed by atoms with Crippen LogP contribution >= 0.6 is 0 Å². The molecule has 2 nitrogen and oxygen atoms in total. The zero-order chi connectivity index (χ0) is 12.9. The summed E-state index contributed by atoms with van der Waals surface area (Å²) in [6.07, 6.45) is 2.34. The molecule has 0 spiro atoms. The lowest BCUT2D eigenvalue weighted by molar-refractivity contribution is -0.0743. The summed E-state index contributed by atoms with van der Waals surface area (Å²) in [7, 11) is 0. The van der Waals surface area contributed by atoms with Crippen molar-refractivity contribution in [3.8, 4) is 0 Å². The molecular formula is C15H24O2. The second-order valence-electron chi connectivity index (χ2n) is 4.86. The van der Waals surface area contributed by atoms with E-state index in [1.165, 1.54) is 0 Å². The Balaban J connectivity index is 2.97. The first-order valence-electron chi connectivity index (χ1n) is 6.50. The van der Waals surface area contributed by atoms with E-state index in [-0.39, 0.29) is 0 Å². The minimum absolute atomic E-state index is 0.396. The Labute approximate surface area is 104 Å². The monoisotopic (exact) mass is 236 g/mol. The average molecular weight is 236 g/mol. The molecule has 0 fully saturated rings. The van der Waals surface area contributed by atoms with Crippen molar-refractivity contribution in [2.45, 2.75) is 57.7 Å². The summed E-state index contributed by atoms with van der Waals surface area (Å²) in [5.41, 5.74) is -0.814. The minimum atomic E-state index is -0.929. The van der Waals surface area contributed by atoms with E-state index in [4.69, 9.17) is 0 Å². The SMILES string of the molecule is CCC(O)(CC)CC(O)(CC)c1ccccc1. The van der Waals surface area contributed by atoms with Crippen LogP contribution in [0.5, 0.6) is 0 Å². The molecule has 0 saturated heterocycles.